The Kier molecular flexibility index (Phi) is 15.9. The SMILES string of the molecule is COC1=C(OC)C(=O)C(CCCCCCCCCCCCCCCCCCO)=C(C)C1=O. The van der Waals surface area contributed by atoms with Crippen molar-refractivity contribution in [2.45, 2.75) is 116 Å². The number of hydrogen-bond donors (Lipinski definition) is 1. The third kappa shape index (κ3) is 10.3. The third-order valence-corrected chi connectivity index (χ3v) is 6.43. The summed E-state index contributed by atoms with van der Waals surface area (Å²) < 4.78 is 10.2. The highest BCUT2D eigenvalue weighted by Gasteiger charge is 2.34. The summed E-state index contributed by atoms with van der Waals surface area (Å²) in [4.78, 5) is 25.0. The van der Waals surface area contributed by atoms with Crippen LogP contribution in [0, 0.1) is 0 Å². The van der Waals surface area contributed by atoms with Crippen LogP contribution >= 0.6 is 0 Å². The first-order chi connectivity index (χ1) is 15.6. The smallest absolute Gasteiger partial charge is 0.228 e. The first kappa shape index (κ1) is 28.4. The van der Waals surface area contributed by atoms with Crippen LogP contribution in [0.25, 0.3) is 0 Å². The van der Waals surface area contributed by atoms with Crippen LogP contribution in [0.15, 0.2) is 22.7 Å². The number of carbonyl (C=O) groups is 2. The zero-order chi connectivity index (χ0) is 23.6. The Hall–Kier alpha value is -1.62. The minimum absolute atomic E-state index is 0.0213. The second-order valence-corrected chi connectivity index (χ2v) is 8.96. The summed E-state index contributed by atoms with van der Waals surface area (Å²) >= 11 is 0. The number of allylic oxidation sites excluding steroid dienone is 2. The number of carbonyl (C=O) groups excluding carboxylic acids is 2. The second-order valence-electron chi connectivity index (χ2n) is 8.96. The maximum absolute atomic E-state index is 12.6. The van der Waals surface area contributed by atoms with Crippen LogP contribution in [-0.2, 0) is 19.1 Å². The quantitative estimate of drug-likeness (QED) is 0.167. The van der Waals surface area contributed by atoms with Crippen LogP contribution in [0.5, 0.6) is 0 Å². The molecule has 0 saturated heterocycles. The van der Waals surface area contributed by atoms with Gasteiger partial charge in [-0.15, -0.1) is 0 Å². The van der Waals surface area contributed by atoms with Gasteiger partial charge in [-0.05, 0) is 26.2 Å². The lowest BCUT2D eigenvalue weighted by Gasteiger charge is -2.20. The summed E-state index contributed by atoms with van der Waals surface area (Å²) in [7, 11) is 2.79. The lowest BCUT2D eigenvalue weighted by atomic mass is 9.89. The van der Waals surface area contributed by atoms with Crippen LogP contribution in [0.1, 0.15) is 116 Å². The number of aliphatic hydroxyl groups excluding tert-OH is 1. The van der Waals surface area contributed by atoms with Gasteiger partial charge in [0.05, 0.1) is 14.2 Å². The minimum atomic E-state index is -0.239. The van der Waals surface area contributed by atoms with Crippen molar-refractivity contribution in [1.29, 1.82) is 0 Å². The molecular formula is C27H46O5. The van der Waals surface area contributed by atoms with Crippen LogP contribution in [0.4, 0.5) is 0 Å². The molecule has 0 aromatic rings. The van der Waals surface area contributed by atoms with E-state index in [0.717, 1.165) is 19.3 Å². The van der Waals surface area contributed by atoms with Gasteiger partial charge in [-0.3, -0.25) is 9.59 Å². The van der Waals surface area contributed by atoms with E-state index in [2.05, 4.69) is 0 Å². The number of Topliss-reactive ketones (excluding diaryl/α,β-unsaturated/α-hetero) is 2. The van der Waals surface area contributed by atoms with Gasteiger partial charge in [-0.2, -0.15) is 0 Å². The van der Waals surface area contributed by atoms with E-state index < -0.39 is 0 Å². The molecule has 0 saturated carbocycles. The summed E-state index contributed by atoms with van der Waals surface area (Å²) in [5.74, 6) is -0.385. The van der Waals surface area contributed by atoms with Gasteiger partial charge in [0, 0.05) is 17.8 Å². The molecule has 1 N–H and O–H groups in total. The molecule has 1 aliphatic carbocycles. The Morgan fingerprint density at radius 1 is 0.562 bits per heavy atom. The first-order valence-electron chi connectivity index (χ1n) is 12.8. The number of rotatable bonds is 20. The molecule has 32 heavy (non-hydrogen) atoms. The largest absolute Gasteiger partial charge is 0.489 e. The molecule has 0 bridgehead atoms. The van der Waals surface area contributed by atoms with E-state index in [0.29, 0.717) is 24.2 Å². The summed E-state index contributed by atoms with van der Waals surface area (Å²) in [5.41, 5.74) is 1.08. The van der Waals surface area contributed by atoms with Crippen molar-refractivity contribution in [2.75, 3.05) is 20.8 Å². The summed E-state index contributed by atoms with van der Waals surface area (Å²) in [6.07, 6.45) is 20.5. The zero-order valence-corrected chi connectivity index (χ0v) is 20.8. The zero-order valence-electron chi connectivity index (χ0n) is 20.8. The molecule has 0 radical (unpaired) electrons. The summed E-state index contributed by atoms with van der Waals surface area (Å²) in [6.45, 7) is 2.05. The standard InChI is InChI=1S/C27H46O5/c1-22-23(25(30)27(32-3)26(31-2)24(22)29)20-18-16-14-12-10-8-6-4-5-7-9-11-13-15-17-19-21-28/h28H,4-21H2,1-3H3. The van der Waals surface area contributed by atoms with E-state index in [-0.39, 0.29) is 23.1 Å². The summed E-state index contributed by atoms with van der Waals surface area (Å²) in [5, 5.41) is 8.75. The van der Waals surface area contributed by atoms with E-state index in [1.807, 2.05) is 0 Å². The van der Waals surface area contributed by atoms with Crippen LogP contribution in [-0.4, -0.2) is 37.5 Å². The van der Waals surface area contributed by atoms with Crippen molar-refractivity contribution >= 4 is 11.6 Å². The average molecular weight is 451 g/mol. The molecule has 0 fully saturated rings. The van der Waals surface area contributed by atoms with E-state index in [9.17, 15) is 9.59 Å². The lowest BCUT2D eigenvalue weighted by Crippen LogP contribution is -2.25. The molecule has 0 aromatic carbocycles. The van der Waals surface area contributed by atoms with E-state index in [1.54, 1.807) is 6.92 Å². The van der Waals surface area contributed by atoms with Gasteiger partial charge in [0.15, 0.2) is 0 Å². The predicted octanol–water partition coefficient (Wildman–Crippen LogP) is 6.58. The molecule has 0 aliphatic heterocycles. The van der Waals surface area contributed by atoms with Crippen molar-refractivity contribution in [1.82, 2.24) is 0 Å². The van der Waals surface area contributed by atoms with Crippen molar-refractivity contribution in [3.05, 3.63) is 22.7 Å². The molecule has 0 heterocycles. The van der Waals surface area contributed by atoms with Gasteiger partial charge >= 0.3 is 0 Å². The molecule has 5 nitrogen and oxygen atoms in total. The highest BCUT2D eigenvalue weighted by atomic mass is 16.5. The average Bonchev–Trinajstić information content (AvgIpc) is 2.80. The number of aliphatic hydroxyl groups is 1. The highest BCUT2D eigenvalue weighted by Crippen LogP contribution is 2.28. The molecule has 0 aromatic heterocycles. The molecule has 0 atom stereocenters. The van der Waals surface area contributed by atoms with Gasteiger partial charge in [0.2, 0.25) is 23.1 Å². The summed E-state index contributed by atoms with van der Waals surface area (Å²) in [6, 6.07) is 0. The fourth-order valence-electron chi connectivity index (χ4n) is 4.38. The number of unbranched alkanes of at least 4 members (excludes halogenated alkanes) is 15. The number of ketones is 2. The fraction of sp³-hybridized carbons (Fsp3) is 0.778. The van der Waals surface area contributed by atoms with Gasteiger partial charge in [0.1, 0.15) is 0 Å². The number of ether oxygens (including phenoxy) is 2. The number of hydrogen-bond acceptors (Lipinski definition) is 5. The van der Waals surface area contributed by atoms with Gasteiger partial charge < -0.3 is 14.6 Å². The molecular weight excluding hydrogens is 404 g/mol. The Balaban J connectivity index is 2.02. The Morgan fingerprint density at radius 3 is 1.28 bits per heavy atom. The Morgan fingerprint density at radius 2 is 0.906 bits per heavy atom. The molecule has 0 unspecified atom stereocenters. The van der Waals surface area contributed by atoms with Crippen molar-refractivity contribution in [3.8, 4) is 0 Å². The second kappa shape index (κ2) is 17.9. The van der Waals surface area contributed by atoms with Crippen molar-refractivity contribution in [2.24, 2.45) is 0 Å². The van der Waals surface area contributed by atoms with E-state index in [1.165, 1.54) is 97.7 Å². The monoisotopic (exact) mass is 450 g/mol. The molecule has 5 heteroatoms. The molecule has 184 valence electrons. The Labute approximate surface area is 195 Å². The predicted molar refractivity (Wildman–Crippen MR) is 129 cm³/mol. The Bertz CT molecular complexity index is 618. The molecule has 0 spiro atoms. The minimum Gasteiger partial charge on any atom is -0.489 e. The third-order valence-electron chi connectivity index (χ3n) is 6.43. The lowest BCUT2D eigenvalue weighted by molar-refractivity contribution is -0.121. The maximum atomic E-state index is 12.6. The normalized spacial score (nSPS) is 14.5. The number of methoxy groups -OCH3 is 2. The van der Waals surface area contributed by atoms with Crippen molar-refractivity contribution < 1.29 is 24.2 Å². The maximum Gasteiger partial charge on any atom is 0.228 e. The van der Waals surface area contributed by atoms with Crippen molar-refractivity contribution in [3.63, 3.8) is 0 Å². The highest BCUT2D eigenvalue weighted by molar-refractivity contribution is 6.23. The van der Waals surface area contributed by atoms with Crippen LogP contribution in [0.2, 0.25) is 0 Å². The molecule has 0 amide bonds. The molecule has 1 rings (SSSR count). The molecule has 1 aliphatic rings. The van der Waals surface area contributed by atoms with Gasteiger partial charge in [-0.25, -0.2) is 0 Å². The topological polar surface area (TPSA) is 72.8 Å². The van der Waals surface area contributed by atoms with E-state index >= 15 is 0 Å². The fourth-order valence-corrected chi connectivity index (χ4v) is 4.38. The van der Waals surface area contributed by atoms with Gasteiger partial charge in [-0.1, -0.05) is 89.9 Å². The first-order valence-corrected chi connectivity index (χ1v) is 12.8. The van der Waals surface area contributed by atoms with Crippen LogP contribution < -0.4 is 0 Å². The van der Waals surface area contributed by atoms with Gasteiger partial charge in [0.25, 0.3) is 0 Å². The van der Waals surface area contributed by atoms with Crippen LogP contribution in [0.3, 0.4) is 0 Å². The van der Waals surface area contributed by atoms with E-state index in [4.69, 9.17) is 14.6 Å².